The van der Waals surface area contributed by atoms with E-state index in [0.717, 1.165) is 29.0 Å². The molecule has 1 atom stereocenters. The largest absolute Gasteiger partial charge is 0.378 e. The van der Waals surface area contributed by atoms with E-state index in [1.807, 2.05) is 48.4 Å². The third-order valence-corrected chi connectivity index (χ3v) is 4.77. The van der Waals surface area contributed by atoms with Gasteiger partial charge in [-0.3, -0.25) is 9.78 Å². The minimum absolute atomic E-state index is 0.00621. The van der Waals surface area contributed by atoms with Crippen LogP contribution in [-0.4, -0.2) is 39.0 Å². The van der Waals surface area contributed by atoms with Crippen molar-refractivity contribution in [3.8, 4) is 0 Å². The zero-order chi connectivity index (χ0) is 17.4. The number of nitrogens with zero attached hydrogens (tertiary/aromatic N) is 4. The van der Waals surface area contributed by atoms with Crippen LogP contribution in [0.5, 0.6) is 0 Å². The molecule has 0 fully saturated rings. The second kappa shape index (κ2) is 6.29. The Bertz CT molecular complexity index is 934. The number of pyridine rings is 1. The molecule has 0 saturated carbocycles. The number of benzene rings is 1. The van der Waals surface area contributed by atoms with Gasteiger partial charge in [-0.15, -0.1) is 0 Å². The van der Waals surface area contributed by atoms with Gasteiger partial charge in [-0.1, -0.05) is 18.2 Å². The van der Waals surface area contributed by atoms with E-state index in [1.165, 1.54) is 0 Å². The molecule has 0 aliphatic carbocycles. The Balaban J connectivity index is 1.63. The molecule has 25 heavy (non-hydrogen) atoms. The lowest BCUT2D eigenvalue weighted by Crippen LogP contribution is -2.41. The van der Waals surface area contributed by atoms with Gasteiger partial charge in [0.15, 0.2) is 0 Å². The Morgan fingerprint density at radius 2 is 2.08 bits per heavy atom. The lowest BCUT2D eigenvalue weighted by Gasteiger charge is -2.34. The third-order valence-electron chi connectivity index (χ3n) is 4.77. The molecule has 0 bridgehead atoms. The first kappa shape index (κ1) is 15.8. The summed E-state index contributed by atoms with van der Waals surface area (Å²) in [5, 5.41) is 0.974. The van der Waals surface area contributed by atoms with Crippen LogP contribution in [0, 0.1) is 0 Å². The highest BCUT2D eigenvalue weighted by Gasteiger charge is 2.31. The molecule has 128 valence electrons. The molecule has 6 heteroatoms. The van der Waals surface area contributed by atoms with E-state index in [4.69, 9.17) is 4.74 Å². The molecular weight excluding hydrogens is 316 g/mol. The third kappa shape index (κ3) is 2.68. The number of aromatic nitrogens is 3. The first-order valence-electron chi connectivity index (χ1n) is 8.38. The molecule has 0 unspecified atom stereocenters. The van der Waals surface area contributed by atoms with E-state index in [1.54, 1.807) is 13.3 Å². The zero-order valence-electron chi connectivity index (χ0n) is 14.3. The quantitative estimate of drug-likeness (QED) is 0.738. The van der Waals surface area contributed by atoms with Crippen molar-refractivity contribution in [2.45, 2.75) is 26.1 Å². The molecule has 2 aromatic heterocycles. The second-order valence-electron chi connectivity index (χ2n) is 6.28. The fourth-order valence-corrected chi connectivity index (χ4v) is 3.45. The van der Waals surface area contributed by atoms with Gasteiger partial charge in [0.05, 0.1) is 35.6 Å². The van der Waals surface area contributed by atoms with Gasteiger partial charge in [0.25, 0.3) is 5.91 Å². The lowest BCUT2D eigenvalue weighted by molar-refractivity contribution is 0.0632. The first-order chi connectivity index (χ1) is 12.2. The maximum absolute atomic E-state index is 13.0. The van der Waals surface area contributed by atoms with E-state index in [9.17, 15) is 4.79 Å². The summed E-state index contributed by atoms with van der Waals surface area (Å²) in [7, 11) is 1.68. The van der Waals surface area contributed by atoms with Crippen LogP contribution in [0.15, 0.2) is 42.7 Å². The monoisotopic (exact) mass is 336 g/mol. The van der Waals surface area contributed by atoms with E-state index in [0.29, 0.717) is 18.7 Å². The van der Waals surface area contributed by atoms with Gasteiger partial charge in [0.1, 0.15) is 5.82 Å². The van der Waals surface area contributed by atoms with Crippen molar-refractivity contribution >= 4 is 16.8 Å². The highest BCUT2D eigenvalue weighted by molar-refractivity contribution is 5.97. The number of imidazole rings is 1. The van der Waals surface area contributed by atoms with Crippen molar-refractivity contribution < 1.29 is 9.53 Å². The molecule has 1 aliphatic heterocycles. The highest BCUT2D eigenvalue weighted by atomic mass is 16.5. The van der Waals surface area contributed by atoms with Crippen molar-refractivity contribution in [1.82, 2.24) is 19.4 Å². The fourth-order valence-electron chi connectivity index (χ4n) is 3.45. The number of fused-ring (bicyclic) bond motifs is 2. The first-order valence-corrected chi connectivity index (χ1v) is 8.38. The molecule has 1 amide bonds. The Morgan fingerprint density at radius 3 is 2.92 bits per heavy atom. The molecule has 1 aliphatic rings. The van der Waals surface area contributed by atoms with Crippen LogP contribution in [0.2, 0.25) is 0 Å². The standard InChI is InChI=1S/C19H20N4O2/c1-13-18-21-11-16(12-25-2)23(18)8-7-22(13)19(24)15-9-14-5-3-4-6-17(14)20-10-15/h3-6,9-11,13H,7-8,12H2,1-2H3/t13-/m0/s1. The molecular formula is C19H20N4O2. The number of methoxy groups -OCH3 is 1. The number of ether oxygens (including phenoxy) is 1. The number of rotatable bonds is 3. The van der Waals surface area contributed by atoms with Gasteiger partial charge in [-0.25, -0.2) is 4.98 Å². The number of hydrogen-bond donors (Lipinski definition) is 0. The summed E-state index contributed by atoms with van der Waals surface area (Å²) < 4.78 is 7.37. The molecule has 0 spiro atoms. The Hall–Kier alpha value is -2.73. The van der Waals surface area contributed by atoms with Gasteiger partial charge in [-0.2, -0.15) is 0 Å². The van der Waals surface area contributed by atoms with E-state index in [-0.39, 0.29) is 11.9 Å². The predicted molar refractivity (Wildman–Crippen MR) is 94.1 cm³/mol. The molecule has 0 radical (unpaired) electrons. The average Bonchev–Trinajstić information content (AvgIpc) is 3.05. The molecule has 6 nitrogen and oxygen atoms in total. The fraction of sp³-hybridized carbons (Fsp3) is 0.316. The van der Waals surface area contributed by atoms with Crippen LogP contribution < -0.4 is 0 Å². The smallest absolute Gasteiger partial charge is 0.256 e. The van der Waals surface area contributed by atoms with Crippen LogP contribution in [0.25, 0.3) is 10.9 Å². The van der Waals surface area contributed by atoms with Gasteiger partial charge in [0.2, 0.25) is 0 Å². The molecule has 3 heterocycles. The minimum Gasteiger partial charge on any atom is -0.378 e. The number of carbonyl (C=O) groups excluding carboxylic acids is 1. The molecule has 0 saturated heterocycles. The lowest BCUT2D eigenvalue weighted by atomic mass is 10.1. The van der Waals surface area contributed by atoms with Crippen molar-refractivity contribution in [2.24, 2.45) is 0 Å². The zero-order valence-corrected chi connectivity index (χ0v) is 14.3. The topological polar surface area (TPSA) is 60.2 Å². The summed E-state index contributed by atoms with van der Waals surface area (Å²) in [6.45, 7) is 3.92. The SMILES string of the molecule is COCc1cnc2n1CCN(C(=O)c1cnc3ccccc3c1)[C@H]2C. The van der Waals surface area contributed by atoms with Gasteiger partial charge >= 0.3 is 0 Å². The van der Waals surface area contributed by atoms with Crippen molar-refractivity contribution in [3.63, 3.8) is 0 Å². The summed E-state index contributed by atoms with van der Waals surface area (Å²) >= 11 is 0. The Morgan fingerprint density at radius 1 is 1.24 bits per heavy atom. The molecule has 0 N–H and O–H groups in total. The predicted octanol–water partition coefficient (Wildman–Crippen LogP) is 2.79. The van der Waals surface area contributed by atoms with Crippen LogP contribution in [-0.2, 0) is 17.9 Å². The molecule has 1 aromatic carbocycles. The maximum Gasteiger partial charge on any atom is 0.256 e. The summed E-state index contributed by atoms with van der Waals surface area (Å²) in [5.74, 6) is 0.897. The Kier molecular flexibility index (Phi) is 3.97. The van der Waals surface area contributed by atoms with E-state index >= 15 is 0 Å². The summed E-state index contributed by atoms with van der Waals surface area (Å²) in [5.41, 5.74) is 2.55. The van der Waals surface area contributed by atoms with Crippen molar-refractivity contribution in [1.29, 1.82) is 0 Å². The van der Waals surface area contributed by atoms with E-state index < -0.39 is 0 Å². The van der Waals surface area contributed by atoms with Gasteiger partial charge in [-0.05, 0) is 19.1 Å². The van der Waals surface area contributed by atoms with Crippen LogP contribution >= 0.6 is 0 Å². The number of para-hydroxylation sites is 1. The van der Waals surface area contributed by atoms with Gasteiger partial charge in [0, 0.05) is 31.8 Å². The second-order valence-corrected chi connectivity index (χ2v) is 6.28. The summed E-state index contributed by atoms with van der Waals surface area (Å²) in [6.07, 6.45) is 3.50. The number of amides is 1. The van der Waals surface area contributed by atoms with Crippen LogP contribution in [0.4, 0.5) is 0 Å². The average molecular weight is 336 g/mol. The number of carbonyl (C=O) groups is 1. The summed E-state index contributed by atoms with van der Waals surface area (Å²) in [6, 6.07) is 9.65. The van der Waals surface area contributed by atoms with Gasteiger partial charge < -0.3 is 14.2 Å². The highest BCUT2D eigenvalue weighted by Crippen LogP contribution is 2.27. The number of hydrogen-bond acceptors (Lipinski definition) is 4. The van der Waals surface area contributed by atoms with E-state index in [2.05, 4.69) is 14.5 Å². The molecule has 4 rings (SSSR count). The van der Waals surface area contributed by atoms with Crippen LogP contribution in [0.3, 0.4) is 0 Å². The minimum atomic E-state index is -0.0849. The normalized spacial score (nSPS) is 16.9. The summed E-state index contributed by atoms with van der Waals surface area (Å²) in [4.78, 5) is 23.8. The van der Waals surface area contributed by atoms with Crippen molar-refractivity contribution in [2.75, 3.05) is 13.7 Å². The maximum atomic E-state index is 13.0. The molecule has 3 aromatic rings. The van der Waals surface area contributed by atoms with Crippen LogP contribution in [0.1, 0.15) is 34.8 Å². The Labute approximate surface area is 146 Å². The van der Waals surface area contributed by atoms with Crippen molar-refractivity contribution in [3.05, 3.63) is 59.8 Å².